The average molecular weight is 382 g/mol. The van der Waals surface area contributed by atoms with E-state index < -0.39 is 0 Å². The van der Waals surface area contributed by atoms with Crippen molar-refractivity contribution in [2.75, 3.05) is 25.3 Å². The molecule has 140 valence electrons. The van der Waals surface area contributed by atoms with E-state index in [2.05, 4.69) is 22.4 Å². The number of pyridine rings is 1. The van der Waals surface area contributed by atoms with E-state index in [0.717, 1.165) is 33.5 Å². The fourth-order valence-corrected chi connectivity index (χ4v) is 3.42. The van der Waals surface area contributed by atoms with Crippen molar-refractivity contribution >= 4 is 23.3 Å². The van der Waals surface area contributed by atoms with Crippen LogP contribution in [-0.4, -0.2) is 19.2 Å². The van der Waals surface area contributed by atoms with Crippen molar-refractivity contribution in [2.24, 2.45) is 0 Å². The Morgan fingerprint density at radius 1 is 0.926 bits per heavy atom. The molecule has 3 N–H and O–H groups in total. The molecule has 0 saturated heterocycles. The van der Waals surface area contributed by atoms with Crippen LogP contribution in [-0.2, 0) is 12.3 Å². The summed E-state index contributed by atoms with van der Waals surface area (Å²) in [6.07, 6.45) is 1.70. The SMILES string of the molecule is COc1ccc(CNc2cc(SCc3ccc(OC)cc3)c(N)cn2)cc1. The molecule has 0 aliphatic heterocycles. The van der Waals surface area contributed by atoms with Crippen molar-refractivity contribution < 1.29 is 9.47 Å². The minimum atomic E-state index is 0.684. The summed E-state index contributed by atoms with van der Waals surface area (Å²) in [5, 5.41) is 3.34. The van der Waals surface area contributed by atoms with Gasteiger partial charge in [0.15, 0.2) is 0 Å². The summed E-state index contributed by atoms with van der Waals surface area (Å²) in [4.78, 5) is 5.39. The molecule has 0 amide bonds. The molecule has 0 fully saturated rings. The second-order valence-corrected chi connectivity index (χ2v) is 6.96. The van der Waals surface area contributed by atoms with Crippen molar-refractivity contribution in [2.45, 2.75) is 17.2 Å². The average Bonchev–Trinajstić information content (AvgIpc) is 2.73. The molecule has 0 aliphatic rings. The van der Waals surface area contributed by atoms with E-state index in [-0.39, 0.29) is 0 Å². The van der Waals surface area contributed by atoms with Gasteiger partial charge in [0.1, 0.15) is 17.3 Å². The molecule has 0 unspecified atom stereocenters. The summed E-state index contributed by atoms with van der Waals surface area (Å²) in [6.45, 7) is 0.684. The topological polar surface area (TPSA) is 69.4 Å². The van der Waals surface area contributed by atoms with Gasteiger partial charge in [0, 0.05) is 17.2 Å². The first-order valence-electron chi connectivity index (χ1n) is 8.56. The molecule has 0 radical (unpaired) electrons. The number of hydrogen-bond acceptors (Lipinski definition) is 6. The highest BCUT2D eigenvalue weighted by molar-refractivity contribution is 7.98. The number of rotatable bonds is 8. The highest BCUT2D eigenvalue weighted by atomic mass is 32.2. The molecule has 0 atom stereocenters. The molecular weight excluding hydrogens is 358 g/mol. The van der Waals surface area contributed by atoms with Gasteiger partial charge in [-0.25, -0.2) is 4.98 Å². The van der Waals surface area contributed by atoms with E-state index in [1.165, 1.54) is 5.56 Å². The fraction of sp³-hybridized carbons (Fsp3) is 0.190. The fourth-order valence-electron chi connectivity index (χ4n) is 2.49. The summed E-state index contributed by atoms with van der Waals surface area (Å²) >= 11 is 1.69. The summed E-state index contributed by atoms with van der Waals surface area (Å²) in [7, 11) is 3.33. The minimum Gasteiger partial charge on any atom is -0.497 e. The first-order valence-corrected chi connectivity index (χ1v) is 9.54. The number of thioether (sulfide) groups is 1. The number of nitrogens with zero attached hydrogens (tertiary/aromatic N) is 1. The number of nitrogen functional groups attached to an aromatic ring is 1. The highest BCUT2D eigenvalue weighted by Crippen LogP contribution is 2.30. The third kappa shape index (κ3) is 5.31. The molecule has 0 bridgehead atoms. The molecule has 1 aromatic heterocycles. The number of aromatic nitrogens is 1. The lowest BCUT2D eigenvalue weighted by atomic mass is 10.2. The van der Waals surface area contributed by atoms with Crippen LogP contribution in [0.4, 0.5) is 11.5 Å². The maximum Gasteiger partial charge on any atom is 0.127 e. The second kappa shape index (κ2) is 9.19. The molecule has 3 rings (SSSR count). The van der Waals surface area contributed by atoms with Crippen molar-refractivity contribution in [1.82, 2.24) is 4.98 Å². The minimum absolute atomic E-state index is 0.684. The smallest absolute Gasteiger partial charge is 0.127 e. The maximum atomic E-state index is 6.09. The van der Waals surface area contributed by atoms with Crippen LogP contribution in [0.15, 0.2) is 65.7 Å². The molecule has 0 saturated carbocycles. The Morgan fingerprint density at radius 3 is 2.11 bits per heavy atom. The van der Waals surface area contributed by atoms with Gasteiger partial charge in [-0.3, -0.25) is 0 Å². The first-order chi connectivity index (χ1) is 13.2. The molecule has 3 aromatic rings. The van der Waals surface area contributed by atoms with Crippen LogP contribution in [0, 0.1) is 0 Å². The van der Waals surface area contributed by atoms with Crippen LogP contribution in [0.3, 0.4) is 0 Å². The first kappa shape index (κ1) is 18.9. The van der Waals surface area contributed by atoms with Gasteiger partial charge in [0.25, 0.3) is 0 Å². The summed E-state index contributed by atoms with van der Waals surface area (Å²) in [5.41, 5.74) is 9.14. The third-order valence-electron chi connectivity index (χ3n) is 4.08. The zero-order valence-corrected chi connectivity index (χ0v) is 16.3. The van der Waals surface area contributed by atoms with Gasteiger partial charge in [0.05, 0.1) is 26.1 Å². The lowest BCUT2D eigenvalue weighted by Crippen LogP contribution is -2.02. The zero-order valence-electron chi connectivity index (χ0n) is 15.4. The number of methoxy groups -OCH3 is 2. The van der Waals surface area contributed by atoms with Crippen LogP contribution in [0.1, 0.15) is 11.1 Å². The quantitative estimate of drug-likeness (QED) is 0.557. The van der Waals surface area contributed by atoms with Crippen molar-refractivity contribution in [1.29, 1.82) is 0 Å². The number of hydrogen-bond donors (Lipinski definition) is 2. The van der Waals surface area contributed by atoms with E-state index in [1.54, 1.807) is 32.2 Å². The Labute approximate surface area is 163 Å². The molecule has 0 aliphatic carbocycles. The molecular formula is C21H23N3O2S. The number of nitrogens with two attached hydrogens (primary N) is 1. The molecule has 27 heavy (non-hydrogen) atoms. The molecule has 0 spiro atoms. The normalized spacial score (nSPS) is 10.4. The number of ether oxygens (including phenoxy) is 2. The van der Waals surface area contributed by atoms with Gasteiger partial charge in [-0.2, -0.15) is 0 Å². The van der Waals surface area contributed by atoms with E-state index in [4.69, 9.17) is 15.2 Å². The predicted molar refractivity (Wildman–Crippen MR) is 112 cm³/mol. The third-order valence-corrected chi connectivity index (χ3v) is 5.22. The monoisotopic (exact) mass is 381 g/mol. The van der Waals surface area contributed by atoms with Crippen LogP contribution in [0.2, 0.25) is 0 Å². The Bertz CT molecular complexity index is 868. The standard InChI is InChI=1S/C21H23N3O2S/c1-25-17-7-3-15(4-8-17)12-23-21-11-20(19(22)13-24-21)27-14-16-5-9-18(26-2)10-6-16/h3-11,13H,12,14,22H2,1-2H3,(H,23,24). The van der Waals surface area contributed by atoms with E-state index in [0.29, 0.717) is 12.2 Å². The van der Waals surface area contributed by atoms with Gasteiger partial charge in [-0.05, 0) is 41.5 Å². The molecule has 5 nitrogen and oxygen atoms in total. The van der Waals surface area contributed by atoms with Crippen LogP contribution in [0.5, 0.6) is 11.5 Å². The van der Waals surface area contributed by atoms with E-state index in [1.807, 2.05) is 42.5 Å². The highest BCUT2D eigenvalue weighted by Gasteiger charge is 2.05. The zero-order chi connectivity index (χ0) is 19.1. The van der Waals surface area contributed by atoms with Gasteiger partial charge in [-0.1, -0.05) is 24.3 Å². The van der Waals surface area contributed by atoms with Crippen LogP contribution < -0.4 is 20.5 Å². The van der Waals surface area contributed by atoms with Crippen molar-refractivity contribution in [3.8, 4) is 11.5 Å². The van der Waals surface area contributed by atoms with Gasteiger partial charge >= 0.3 is 0 Å². The molecule has 2 aromatic carbocycles. The molecule has 1 heterocycles. The second-order valence-electron chi connectivity index (χ2n) is 5.95. The number of nitrogens with one attached hydrogen (secondary N) is 1. The van der Waals surface area contributed by atoms with Gasteiger partial charge in [-0.15, -0.1) is 11.8 Å². The number of benzene rings is 2. The largest absolute Gasteiger partial charge is 0.497 e. The van der Waals surface area contributed by atoms with Gasteiger partial charge < -0.3 is 20.5 Å². The summed E-state index contributed by atoms with van der Waals surface area (Å²) in [5.74, 6) is 3.34. The Balaban J connectivity index is 1.60. The van der Waals surface area contributed by atoms with Crippen molar-refractivity contribution in [3.63, 3.8) is 0 Å². The lowest BCUT2D eigenvalue weighted by molar-refractivity contribution is 0.414. The summed E-state index contributed by atoms with van der Waals surface area (Å²) < 4.78 is 10.4. The lowest BCUT2D eigenvalue weighted by Gasteiger charge is -2.10. The van der Waals surface area contributed by atoms with Crippen LogP contribution >= 0.6 is 11.8 Å². The Morgan fingerprint density at radius 2 is 1.52 bits per heavy atom. The van der Waals surface area contributed by atoms with E-state index in [9.17, 15) is 0 Å². The Kier molecular flexibility index (Phi) is 6.44. The maximum absolute atomic E-state index is 6.09. The Hall–Kier alpha value is -2.86. The summed E-state index contributed by atoms with van der Waals surface area (Å²) in [6, 6.07) is 18.0. The van der Waals surface area contributed by atoms with Crippen molar-refractivity contribution in [3.05, 3.63) is 71.9 Å². The molecule has 6 heteroatoms. The van der Waals surface area contributed by atoms with E-state index >= 15 is 0 Å². The number of anilines is 2. The van der Waals surface area contributed by atoms with Crippen LogP contribution in [0.25, 0.3) is 0 Å². The predicted octanol–water partition coefficient (Wildman–Crippen LogP) is 4.59. The van der Waals surface area contributed by atoms with Gasteiger partial charge in [0.2, 0.25) is 0 Å².